The van der Waals surface area contributed by atoms with Gasteiger partial charge in [0.2, 0.25) is 0 Å². The Bertz CT molecular complexity index is 522. The van der Waals surface area contributed by atoms with Crippen LogP contribution >= 0.6 is 0 Å². The number of hydrogen-bond acceptors (Lipinski definition) is 3. The van der Waals surface area contributed by atoms with Gasteiger partial charge in [0.05, 0.1) is 0 Å². The van der Waals surface area contributed by atoms with Crippen molar-refractivity contribution in [3.8, 4) is 5.75 Å². The van der Waals surface area contributed by atoms with Crippen molar-refractivity contribution in [3.05, 3.63) is 53.6 Å². The molecule has 1 aromatic carbocycles. The second kappa shape index (κ2) is 6.25. The number of aliphatic hydroxyl groups is 1. The van der Waals surface area contributed by atoms with E-state index in [1.165, 1.54) is 11.1 Å². The van der Waals surface area contributed by atoms with E-state index in [1.807, 2.05) is 0 Å². The molecule has 1 N–H and O–H groups in total. The minimum atomic E-state index is 0.249. The van der Waals surface area contributed by atoms with Crippen LogP contribution in [0.5, 0.6) is 5.75 Å². The Morgan fingerprint density at radius 2 is 2.25 bits per heavy atom. The third-order valence-electron chi connectivity index (χ3n) is 3.93. The lowest BCUT2D eigenvalue weighted by Crippen LogP contribution is -2.39. The molecular formula is C17H21NO2. The lowest BCUT2D eigenvalue weighted by atomic mass is 10.0. The van der Waals surface area contributed by atoms with Gasteiger partial charge in [-0.2, -0.15) is 0 Å². The molecule has 1 aliphatic carbocycles. The van der Waals surface area contributed by atoms with Gasteiger partial charge < -0.3 is 9.84 Å². The van der Waals surface area contributed by atoms with Crippen LogP contribution in [0, 0.1) is 0 Å². The van der Waals surface area contributed by atoms with Crippen molar-refractivity contribution in [1.82, 2.24) is 4.90 Å². The molecule has 2 aliphatic rings. The predicted octanol–water partition coefficient (Wildman–Crippen LogP) is 2.65. The summed E-state index contributed by atoms with van der Waals surface area (Å²) in [6.45, 7) is 1.84. The van der Waals surface area contributed by atoms with E-state index in [9.17, 15) is 0 Å². The molecule has 3 rings (SSSR count). The number of ether oxygens (including phenoxy) is 1. The standard InChI is InChI=1S/C17H21NO2/c19-10-4-5-14-8-9-17-15(11-14)12-18(13-20-17)16-6-2-1-3-7-16/h1-3,6,8-9,11,16,19H,4-5,7,10,12-13H2/t16-/m1/s1. The van der Waals surface area contributed by atoms with Crippen LogP contribution in [0.1, 0.15) is 24.0 Å². The first-order chi connectivity index (χ1) is 9.86. The monoisotopic (exact) mass is 271 g/mol. The third kappa shape index (κ3) is 2.94. The molecule has 0 saturated carbocycles. The number of fused-ring (bicyclic) bond motifs is 1. The third-order valence-corrected chi connectivity index (χ3v) is 3.93. The molecule has 1 aliphatic heterocycles. The van der Waals surface area contributed by atoms with E-state index < -0.39 is 0 Å². The molecule has 3 heteroatoms. The summed E-state index contributed by atoms with van der Waals surface area (Å²) in [4.78, 5) is 2.36. The van der Waals surface area contributed by atoms with Gasteiger partial charge in [-0.25, -0.2) is 0 Å². The van der Waals surface area contributed by atoms with Gasteiger partial charge in [0, 0.05) is 24.8 Å². The highest BCUT2D eigenvalue weighted by atomic mass is 16.5. The lowest BCUT2D eigenvalue weighted by molar-refractivity contribution is 0.0725. The summed E-state index contributed by atoms with van der Waals surface area (Å²) in [5, 5.41) is 8.93. The highest BCUT2D eigenvalue weighted by Gasteiger charge is 2.23. The number of hydrogen-bond donors (Lipinski definition) is 1. The zero-order valence-electron chi connectivity index (χ0n) is 11.7. The molecule has 1 heterocycles. The largest absolute Gasteiger partial charge is 0.478 e. The van der Waals surface area contributed by atoms with Gasteiger partial charge in [0.1, 0.15) is 12.5 Å². The van der Waals surface area contributed by atoms with Gasteiger partial charge in [0.15, 0.2) is 0 Å². The predicted molar refractivity (Wildman–Crippen MR) is 79.6 cm³/mol. The fraction of sp³-hybridized carbons (Fsp3) is 0.412. The van der Waals surface area contributed by atoms with Crippen molar-refractivity contribution in [3.63, 3.8) is 0 Å². The highest BCUT2D eigenvalue weighted by molar-refractivity contribution is 5.38. The number of aliphatic hydroxyl groups excluding tert-OH is 1. The van der Waals surface area contributed by atoms with Gasteiger partial charge in [-0.3, -0.25) is 4.90 Å². The van der Waals surface area contributed by atoms with Crippen LogP contribution in [0.25, 0.3) is 0 Å². The molecule has 20 heavy (non-hydrogen) atoms. The minimum Gasteiger partial charge on any atom is -0.478 e. The van der Waals surface area contributed by atoms with Gasteiger partial charge in [-0.1, -0.05) is 36.4 Å². The van der Waals surface area contributed by atoms with E-state index in [0.29, 0.717) is 12.8 Å². The summed E-state index contributed by atoms with van der Waals surface area (Å²) in [5.74, 6) is 1.00. The molecule has 0 bridgehead atoms. The van der Waals surface area contributed by atoms with Gasteiger partial charge in [0.25, 0.3) is 0 Å². The fourth-order valence-electron chi connectivity index (χ4n) is 2.80. The van der Waals surface area contributed by atoms with Crippen LogP contribution in [0.4, 0.5) is 0 Å². The van der Waals surface area contributed by atoms with Crippen LogP contribution in [-0.2, 0) is 13.0 Å². The number of benzene rings is 1. The van der Waals surface area contributed by atoms with Crippen LogP contribution in [-0.4, -0.2) is 29.4 Å². The van der Waals surface area contributed by atoms with E-state index in [4.69, 9.17) is 9.84 Å². The van der Waals surface area contributed by atoms with Gasteiger partial charge in [-0.15, -0.1) is 0 Å². The molecule has 0 radical (unpaired) electrons. The molecule has 106 valence electrons. The van der Waals surface area contributed by atoms with Crippen LogP contribution in [0.2, 0.25) is 0 Å². The van der Waals surface area contributed by atoms with Gasteiger partial charge >= 0.3 is 0 Å². The number of allylic oxidation sites excluding steroid dienone is 2. The summed E-state index contributed by atoms with van der Waals surface area (Å²) < 4.78 is 5.87. The summed E-state index contributed by atoms with van der Waals surface area (Å²) in [6.07, 6.45) is 11.5. The quantitative estimate of drug-likeness (QED) is 0.914. The van der Waals surface area contributed by atoms with Crippen LogP contribution < -0.4 is 4.74 Å². The SMILES string of the molecule is OCCCc1ccc2c(c1)CN([C@@H]1C=CC=CC1)CO2. The molecular weight excluding hydrogens is 250 g/mol. The number of nitrogens with zero attached hydrogens (tertiary/aromatic N) is 1. The second-order valence-corrected chi connectivity index (χ2v) is 5.41. The zero-order valence-corrected chi connectivity index (χ0v) is 11.7. The van der Waals surface area contributed by atoms with Crippen molar-refractivity contribution in [2.45, 2.75) is 31.8 Å². The molecule has 0 amide bonds. The van der Waals surface area contributed by atoms with E-state index in [0.717, 1.165) is 31.6 Å². The normalized spacial score (nSPS) is 21.6. The van der Waals surface area contributed by atoms with Gasteiger partial charge in [-0.05, 0) is 30.9 Å². The molecule has 1 atom stereocenters. The first-order valence-electron chi connectivity index (χ1n) is 7.29. The van der Waals surface area contributed by atoms with Crippen LogP contribution in [0.15, 0.2) is 42.5 Å². The second-order valence-electron chi connectivity index (χ2n) is 5.41. The fourth-order valence-corrected chi connectivity index (χ4v) is 2.80. The van der Waals surface area contributed by atoms with Crippen molar-refractivity contribution < 1.29 is 9.84 Å². The average Bonchev–Trinajstić information content (AvgIpc) is 2.53. The Labute approximate surface area is 120 Å². The van der Waals surface area contributed by atoms with Crippen molar-refractivity contribution in [2.75, 3.05) is 13.3 Å². The highest BCUT2D eigenvalue weighted by Crippen LogP contribution is 2.28. The summed E-state index contributed by atoms with van der Waals surface area (Å²) in [7, 11) is 0. The lowest BCUT2D eigenvalue weighted by Gasteiger charge is -2.34. The summed E-state index contributed by atoms with van der Waals surface area (Å²) >= 11 is 0. The van der Waals surface area contributed by atoms with Crippen molar-refractivity contribution >= 4 is 0 Å². The maximum Gasteiger partial charge on any atom is 0.142 e. The Morgan fingerprint density at radius 1 is 1.30 bits per heavy atom. The smallest absolute Gasteiger partial charge is 0.142 e. The Balaban J connectivity index is 1.72. The van der Waals surface area contributed by atoms with E-state index in [1.54, 1.807) is 0 Å². The van der Waals surface area contributed by atoms with Crippen molar-refractivity contribution in [2.24, 2.45) is 0 Å². The molecule has 0 spiro atoms. The Morgan fingerprint density at radius 3 is 3.05 bits per heavy atom. The molecule has 0 fully saturated rings. The summed E-state index contributed by atoms with van der Waals surface area (Å²) in [5.41, 5.74) is 2.54. The van der Waals surface area contributed by atoms with Crippen LogP contribution in [0.3, 0.4) is 0 Å². The number of aryl methyl sites for hydroxylation is 1. The van der Waals surface area contributed by atoms with E-state index in [-0.39, 0.29) is 6.61 Å². The first-order valence-corrected chi connectivity index (χ1v) is 7.29. The molecule has 0 aromatic heterocycles. The maximum atomic E-state index is 8.93. The Hall–Kier alpha value is -1.58. The topological polar surface area (TPSA) is 32.7 Å². The molecule has 1 aromatic rings. The van der Waals surface area contributed by atoms with Crippen molar-refractivity contribution in [1.29, 1.82) is 0 Å². The molecule has 3 nitrogen and oxygen atoms in total. The first kappa shape index (κ1) is 13.4. The molecule has 0 unspecified atom stereocenters. The summed E-state index contributed by atoms with van der Waals surface area (Å²) in [6, 6.07) is 6.83. The Kier molecular flexibility index (Phi) is 4.19. The molecule has 0 saturated heterocycles. The average molecular weight is 271 g/mol. The minimum absolute atomic E-state index is 0.249. The zero-order chi connectivity index (χ0) is 13.8. The number of rotatable bonds is 4. The van der Waals surface area contributed by atoms with E-state index >= 15 is 0 Å². The van der Waals surface area contributed by atoms with E-state index in [2.05, 4.69) is 47.4 Å². The maximum absolute atomic E-state index is 8.93.